The van der Waals surface area contributed by atoms with Crippen LogP contribution in [-0.4, -0.2) is 52.6 Å². The summed E-state index contributed by atoms with van der Waals surface area (Å²) in [6, 6.07) is 173. The SMILES string of the molecule is c1ccc(-c2nc(-c3ccccc3)nc(-c3ccc(-n4c5ccccc5c5c6ccoc6ccc54)cc3)n2)cc1.c1ccc(-c2nnc(-c3ccccc3)n2-c2ccc(-n3c4ccccc4c4c5ccoc5ccc43)cc2)cc1.c1ccc(-n2c3ccccc3c3cc(-n4c5ccccc5c5c6ccoc6ccc54)ccc32)cc1.c1ccc(N(c2ccccc2)c2ccc(-n3c4ccccc4c4c5ccoc5ccc43)cc2)cc1. The fraction of sp³-hybridized carbons (Fsp3) is 0. The number of hydrogen-bond acceptors (Lipinski definition) is 10. The third-order valence-electron chi connectivity index (χ3n) is 28.6. The molecule has 0 saturated carbocycles. The van der Waals surface area contributed by atoms with Crippen molar-refractivity contribution in [3.63, 3.8) is 0 Å². The van der Waals surface area contributed by atoms with Crippen LogP contribution in [0.15, 0.2) is 540 Å². The molecule has 11 heterocycles. The summed E-state index contributed by atoms with van der Waals surface area (Å²) in [5.74, 6) is 3.56. The Morgan fingerprint density at radius 3 is 0.765 bits per heavy atom. The molecule has 0 amide bonds. The maximum absolute atomic E-state index is 5.73. The van der Waals surface area contributed by atoms with Gasteiger partial charge in [0.2, 0.25) is 0 Å². The minimum Gasteiger partial charge on any atom is -0.464 e. The van der Waals surface area contributed by atoms with Crippen molar-refractivity contribution < 1.29 is 17.7 Å². The van der Waals surface area contributed by atoms with Crippen molar-refractivity contribution in [3.8, 4) is 91.1 Å². The maximum atomic E-state index is 5.73. The number of benzene rings is 20. The van der Waals surface area contributed by atoms with Gasteiger partial charge in [-0.1, -0.05) is 267 Å². The first kappa shape index (κ1) is 86.4. The van der Waals surface area contributed by atoms with E-state index < -0.39 is 0 Å². The summed E-state index contributed by atoms with van der Waals surface area (Å²) >= 11 is 0. The van der Waals surface area contributed by atoms with Gasteiger partial charge in [0.05, 0.1) is 80.2 Å². The van der Waals surface area contributed by atoms with Crippen LogP contribution in [0.3, 0.4) is 0 Å². The Bertz CT molecular complexity index is 10300. The largest absolute Gasteiger partial charge is 0.464 e. The molecule has 702 valence electrons. The lowest BCUT2D eigenvalue weighted by molar-refractivity contribution is 0.616. The summed E-state index contributed by atoms with van der Waals surface area (Å²) in [4.78, 5) is 16.9. The lowest BCUT2D eigenvalue weighted by Gasteiger charge is -2.25. The van der Waals surface area contributed by atoms with E-state index in [9.17, 15) is 0 Å². The maximum Gasteiger partial charge on any atom is 0.168 e. The summed E-state index contributed by atoms with van der Waals surface area (Å²) in [5.41, 5.74) is 30.2. The van der Waals surface area contributed by atoms with Crippen LogP contribution in [0, 0.1) is 0 Å². The Morgan fingerprint density at radius 2 is 0.403 bits per heavy atom. The summed E-state index contributed by atoms with van der Waals surface area (Å²) in [6.07, 6.45) is 7.07. The van der Waals surface area contributed by atoms with Gasteiger partial charge in [-0.25, -0.2) is 15.0 Å². The minimum atomic E-state index is 0.640. The van der Waals surface area contributed by atoms with Crippen molar-refractivity contribution in [2.75, 3.05) is 4.90 Å². The third kappa shape index (κ3) is 15.0. The minimum absolute atomic E-state index is 0.640. The van der Waals surface area contributed by atoms with E-state index in [0.717, 1.165) is 151 Å². The van der Waals surface area contributed by atoms with Gasteiger partial charge >= 0.3 is 0 Å². The van der Waals surface area contributed by atoms with Crippen LogP contribution in [0.4, 0.5) is 17.1 Å². The van der Waals surface area contributed by atoms with Gasteiger partial charge < -0.3 is 45.4 Å². The second-order valence-corrected chi connectivity index (χ2v) is 37.0. The molecule has 0 saturated heterocycles. The number of rotatable bonds is 14. The second kappa shape index (κ2) is 36.5. The number of fused-ring (bicyclic) bond motifs is 23. The van der Waals surface area contributed by atoms with Crippen LogP contribution < -0.4 is 4.90 Å². The molecule has 0 spiro atoms. The highest BCUT2D eigenvalue weighted by atomic mass is 16.3. The molecule has 0 aliphatic carbocycles. The molecule has 0 N–H and O–H groups in total. The Kier molecular flexibility index (Phi) is 21.2. The zero-order valence-corrected chi connectivity index (χ0v) is 80.2. The van der Waals surface area contributed by atoms with Gasteiger partial charge in [0, 0.05) is 154 Å². The highest BCUT2D eigenvalue weighted by Crippen LogP contribution is 2.46. The van der Waals surface area contributed by atoms with Crippen LogP contribution in [0.25, 0.3) is 244 Å². The van der Waals surface area contributed by atoms with E-state index in [-0.39, 0.29) is 0 Å². The normalized spacial score (nSPS) is 11.6. The molecule has 11 aromatic heterocycles. The molecule has 0 radical (unpaired) electrons. The molecule has 0 atom stereocenters. The Hall–Kier alpha value is -20.5. The Morgan fingerprint density at radius 1 is 0.161 bits per heavy atom. The van der Waals surface area contributed by atoms with Crippen LogP contribution in [-0.2, 0) is 0 Å². The molecule has 0 unspecified atom stereocenters. The van der Waals surface area contributed by atoms with Crippen molar-refractivity contribution in [2.24, 2.45) is 0 Å². The predicted molar refractivity (Wildman–Crippen MR) is 607 cm³/mol. The molecule has 0 fully saturated rings. The average Bonchev–Trinajstić information content (AvgIpc) is 1.57. The van der Waals surface area contributed by atoms with Gasteiger partial charge in [-0.05, 0) is 231 Å². The molecular weight excluding hydrogens is 1830 g/mol. The van der Waals surface area contributed by atoms with E-state index in [4.69, 9.17) is 32.6 Å². The number of para-hydroxylation sites is 8. The van der Waals surface area contributed by atoms with E-state index in [1.54, 1.807) is 25.1 Å². The van der Waals surface area contributed by atoms with Gasteiger partial charge in [0.1, 0.15) is 22.3 Å². The topological polar surface area (TPSA) is 150 Å². The van der Waals surface area contributed by atoms with E-state index in [1.807, 2.05) is 109 Å². The highest BCUT2D eigenvalue weighted by Gasteiger charge is 2.26. The smallest absolute Gasteiger partial charge is 0.168 e. The second-order valence-electron chi connectivity index (χ2n) is 37.0. The average molecular weight is 1920 g/mol. The zero-order valence-electron chi connectivity index (χ0n) is 80.2. The molecule has 149 heavy (non-hydrogen) atoms. The van der Waals surface area contributed by atoms with Crippen LogP contribution in [0.5, 0.6) is 0 Å². The fourth-order valence-corrected chi connectivity index (χ4v) is 22.0. The fourth-order valence-electron chi connectivity index (χ4n) is 22.0. The van der Waals surface area contributed by atoms with Gasteiger partial charge in [0.25, 0.3) is 0 Å². The first-order valence-corrected chi connectivity index (χ1v) is 49.8. The highest BCUT2D eigenvalue weighted by molar-refractivity contribution is 6.25. The molecule has 16 nitrogen and oxygen atoms in total. The lowest BCUT2D eigenvalue weighted by Crippen LogP contribution is -2.09. The molecule has 31 aromatic rings. The van der Waals surface area contributed by atoms with Crippen LogP contribution in [0.1, 0.15) is 0 Å². The molecule has 0 aliphatic rings. The molecule has 16 heteroatoms. The van der Waals surface area contributed by atoms with Crippen molar-refractivity contribution in [2.45, 2.75) is 0 Å². The zero-order chi connectivity index (χ0) is 98.4. The van der Waals surface area contributed by atoms with Gasteiger partial charge in [-0.2, -0.15) is 0 Å². The quantitative estimate of drug-likeness (QED) is 0.103. The lowest BCUT2D eigenvalue weighted by atomic mass is 10.1. The van der Waals surface area contributed by atoms with Crippen molar-refractivity contribution >= 4 is 170 Å². The molecular formula is C133H86N12O4. The third-order valence-corrected chi connectivity index (χ3v) is 28.6. The molecule has 0 bridgehead atoms. The number of aromatic nitrogens is 11. The van der Waals surface area contributed by atoms with Crippen LogP contribution >= 0.6 is 0 Å². The first-order chi connectivity index (χ1) is 74.0. The number of nitrogens with zero attached hydrogens (tertiary/aromatic N) is 12. The van der Waals surface area contributed by atoms with Gasteiger partial charge in [-0.15, -0.1) is 10.2 Å². The molecule has 20 aromatic carbocycles. The van der Waals surface area contributed by atoms with Crippen LogP contribution in [0.2, 0.25) is 0 Å². The number of furan rings is 4. The van der Waals surface area contributed by atoms with E-state index in [2.05, 4.69) is 431 Å². The summed E-state index contributed by atoms with van der Waals surface area (Å²) in [7, 11) is 0. The number of hydrogen-bond donors (Lipinski definition) is 0. The summed E-state index contributed by atoms with van der Waals surface area (Å²) in [6.45, 7) is 0. The van der Waals surface area contributed by atoms with Gasteiger partial charge in [-0.3, -0.25) is 4.57 Å². The van der Waals surface area contributed by atoms with E-state index in [1.165, 1.54) is 92.6 Å². The monoisotopic (exact) mass is 1910 g/mol. The molecule has 31 rings (SSSR count). The summed E-state index contributed by atoms with van der Waals surface area (Å²) < 4.78 is 36.7. The van der Waals surface area contributed by atoms with E-state index >= 15 is 0 Å². The van der Waals surface area contributed by atoms with Crippen molar-refractivity contribution in [1.82, 2.24) is 52.6 Å². The standard InChI is InChI=1S/C35H22N4O.C34H22N4O.C32H20N2O.C32H22N2O/c1-3-9-23(10-4-1)33-36-34(24-11-5-2-6-12-24)38-35(37-33)25-15-17-26(18-16-25)39-29-14-8-7-13-27(29)32-28-21-22-40-31(28)20-19-30(32)39;1-3-9-23(10-4-1)33-35-36-34(24-11-5-2-6-12-24)38(33)26-17-15-25(16-18-26)37-29-14-8-7-13-27(29)32-28-21-22-39-31(28)20-19-30(32)37;1-2-8-21(9-3-1)33-27-12-6-4-10-23(27)26-20-22(14-15-29(26)33)34-28-13-7-5-11-24(28)32-25-18-19-35-31(25)17-16-30(32)34;1-3-9-23(10-4-1)33(24-11-5-2-6-12-24)25-15-17-26(18-16-25)34-29-14-8-7-13-27(29)32-28-21-22-35-31(28)20-19-30(32)34/h1-22H;1-22H;1-20H;1-22H. The first-order valence-electron chi connectivity index (χ1n) is 49.8. The van der Waals surface area contributed by atoms with Crippen molar-refractivity contribution in [3.05, 3.63) is 522 Å². The number of anilines is 3. The summed E-state index contributed by atoms with van der Waals surface area (Å²) in [5, 5.41) is 26.0. The van der Waals surface area contributed by atoms with Crippen molar-refractivity contribution in [1.29, 1.82) is 0 Å². The predicted octanol–water partition coefficient (Wildman–Crippen LogP) is 34.8. The Labute approximate surface area is 852 Å². The molecule has 0 aliphatic heterocycles. The van der Waals surface area contributed by atoms with E-state index in [0.29, 0.717) is 17.5 Å². The Balaban J connectivity index is 0.0000000957. The van der Waals surface area contributed by atoms with Gasteiger partial charge in [0.15, 0.2) is 29.1 Å².